The number of nitrogens with zero attached hydrogens (tertiary/aromatic N) is 1. The first-order valence-corrected chi connectivity index (χ1v) is 14.5. The summed E-state index contributed by atoms with van der Waals surface area (Å²) in [7, 11) is 0. The molecule has 6 heteroatoms. The topological polar surface area (TPSA) is 61.4 Å². The van der Waals surface area contributed by atoms with Gasteiger partial charge in [0, 0.05) is 24.0 Å². The summed E-state index contributed by atoms with van der Waals surface area (Å²) in [4.78, 5) is 29.5. The number of hydrogen-bond acceptors (Lipinski definition) is 3. The maximum Gasteiger partial charge on any atom is 0.257 e. The highest BCUT2D eigenvalue weighted by atomic mass is 19.1. The molecule has 3 aromatic carbocycles. The van der Waals surface area contributed by atoms with Gasteiger partial charge >= 0.3 is 0 Å². The number of rotatable bonds is 6. The van der Waals surface area contributed by atoms with Gasteiger partial charge in [0.1, 0.15) is 5.82 Å². The van der Waals surface area contributed by atoms with Gasteiger partial charge in [-0.2, -0.15) is 0 Å². The van der Waals surface area contributed by atoms with Crippen molar-refractivity contribution in [2.75, 3.05) is 17.2 Å². The molecule has 1 saturated heterocycles. The van der Waals surface area contributed by atoms with Crippen molar-refractivity contribution in [3.05, 3.63) is 94.8 Å². The number of benzene rings is 3. The zero-order chi connectivity index (χ0) is 28.4. The summed E-state index contributed by atoms with van der Waals surface area (Å²) in [5.41, 5.74) is 4.40. The Morgan fingerprint density at radius 1 is 0.900 bits per heavy atom. The number of nitrogens with one attached hydrogen (secondary N) is 2. The normalized spacial score (nSPS) is 19.6. The van der Waals surface area contributed by atoms with E-state index >= 15 is 0 Å². The lowest BCUT2D eigenvalue weighted by molar-refractivity contribution is -0.123. The SMILES string of the molecule is Cc1cccc(F)c1C(=O)N1CCCC(C(=O)Nc2cccc(C(C)(C)C)c2)C1c1ccc(NC2CCC2)cc1. The van der Waals surface area contributed by atoms with Gasteiger partial charge in [0.05, 0.1) is 17.5 Å². The van der Waals surface area contributed by atoms with E-state index in [1.165, 1.54) is 25.3 Å². The van der Waals surface area contributed by atoms with Crippen LogP contribution in [-0.2, 0) is 10.2 Å². The molecule has 0 spiro atoms. The Bertz CT molecular complexity index is 1350. The summed E-state index contributed by atoms with van der Waals surface area (Å²) in [5.74, 6) is -1.51. The first kappa shape index (κ1) is 27.9. The molecule has 2 aliphatic rings. The maximum absolute atomic E-state index is 14.9. The molecule has 5 rings (SSSR count). The van der Waals surface area contributed by atoms with E-state index < -0.39 is 17.8 Å². The van der Waals surface area contributed by atoms with E-state index in [0.717, 1.165) is 22.5 Å². The van der Waals surface area contributed by atoms with Crippen molar-refractivity contribution in [2.24, 2.45) is 5.92 Å². The van der Waals surface area contributed by atoms with Gasteiger partial charge in [-0.05, 0) is 91.5 Å². The predicted molar refractivity (Wildman–Crippen MR) is 159 cm³/mol. The minimum atomic E-state index is -0.533. The highest BCUT2D eigenvalue weighted by Gasteiger charge is 2.40. The lowest BCUT2D eigenvalue weighted by atomic mass is 9.83. The second-order valence-electron chi connectivity index (χ2n) is 12.3. The summed E-state index contributed by atoms with van der Waals surface area (Å²) < 4.78 is 14.9. The van der Waals surface area contributed by atoms with Crippen molar-refractivity contribution in [3.63, 3.8) is 0 Å². The molecule has 2 amide bonds. The highest BCUT2D eigenvalue weighted by molar-refractivity contribution is 5.98. The molecule has 0 radical (unpaired) electrons. The summed E-state index contributed by atoms with van der Waals surface area (Å²) in [5, 5.41) is 6.69. The molecular formula is C34H40FN3O2. The lowest BCUT2D eigenvalue weighted by Crippen LogP contribution is -2.46. The number of piperidine rings is 1. The number of halogens is 1. The van der Waals surface area contributed by atoms with E-state index in [0.29, 0.717) is 31.0 Å². The molecule has 2 unspecified atom stereocenters. The third kappa shape index (κ3) is 5.91. The molecular weight excluding hydrogens is 501 g/mol. The van der Waals surface area contributed by atoms with E-state index in [9.17, 15) is 14.0 Å². The van der Waals surface area contributed by atoms with Crippen LogP contribution in [0.15, 0.2) is 66.7 Å². The molecule has 40 heavy (non-hydrogen) atoms. The van der Waals surface area contributed by atoms with Crippen LogP contribution >= 0.6 is 0 Å². The Balaban J connectivity index is 1.47. The fourth-order valence-corrected chi connectivity index (χ4v) is 5.82. The molecule has 0 aromatic heterocycles. The fourth-order valence-electron chi connectivity index (χ4n) is 5.82. The van der Waals surface area contributed by atoms with E-state index in [2.05, 4.69) is 37.5 Å². The van der Waals surface area contributed by atoms with Gasteiger partial charge in [-0.15, -0.1) is 0 Å². The highest BCUT2D eigenvalue weighted by Crippen LogP contribution is 2.39. The molecule has 1 aliphatic carbocycles. The maximum atomic E-state index is 14.9. The first-order chi connectivity index (χ1) is 19.1. The molecule has 1 heterocycles. The Morgan fingerprint density at radius 3 is 2.27 bits per heavy atom. The van der Waals surface area contributed by atoms with Crippen LogP contribution in [0.4, 0.5) is 15.8 Å². The van der Waals surface area contributed by atoms with Gasteiger partial charge < -0.3 is 15.5 Å². The van der Waals surface area contributed by atoms with Crippen LogP contribution in [0.5, 0.6) is 0 Å². The first-order valence-electron chi connectivity index (χ1n) is 14.5. The van der Waals surface area contributed by atoms with Gasteiger partial charge in [-0.3, -0.25) is 9.59 Å². The zero-order valence-electron chi connectivity index (χ0n) is 24.0. The lowest BCUT2D eigenvalue weighted by Gasteiger charge is -2.41. The van der Waals surface area contributed by atoms with Gasteiger partial charge in [0.15, 0.2) is 0 Å². The molecule has 5 nitrogen and oxygen atoms in total. The van der Waals surface area contributed by atoms with Crippen molar-refractivity contribution in [2.45, 2.75) is 77.3 Å². The van der Waals surface area contributed by atoms with E-state index in [1.807, 2.05) is 42.5 Å². The average Bonchev–Trinajstić information content (AvgIpc) is 2.90. The Labute approximate surface area is 237 Å². The van der Waals surface area contributed by atoms with Gasteiger partial charge in [0.2, 0.25) is 5.91 Å². The largest absolute Gasteiger partial charge is 0.382 e. The second-order valence-corrected chi connectivity index (χ2v) is 12.3. The molecule has 2 N–H and O–H groups in total. The number of hydrogen-bond donors (Lipinski definition) is 2. The number of anilines is 2. The Kier molecular flexibility index (Phi) is 7.97. The molecule has 2 fully saturated rings. The van der Waals surface area contributed by atoms with Crippen molar-refractivity contribution in [1.29, 1.82) is 0 Å². The smallest absolute Gasteiger partial charge is 0.257 e. The Hall–Kier alpha value is -3.67. The van der Waals surface area contributed by atoms with Gasteiger partial charge in [0.25, 0.3) is 5.91 Å². The van der Waals surface area contributed by atoms with Crippen molar-refractivity contribution < 1.29 is 14.0 Å². The summed E-state index contributed by atoms with van der Waals surface area (Å²) >= 11 is 0. The van der Waals surface area contributed by atoms with Crippen LogP contribution in [0.25, 0.3) is 0 Å². The van der Waals surface area contributed by atoms with E-state index in [1.54, 1.807) is 24.0 Å². The summed E-state index contributed by atoms with van der Waals surface area (Å²) in [6, 6.07) is 20.7. The van der Waals surface area contributed by atoms with Gasteiger partial charge in [-0.1, -0.05) is 57.2 Å². The number of likely N-dealkylation sites (tertiary alicyclic amines) is 1. The molecule has 3 aromatic rings. The Morgan fingerprint density at radius 2 is 1.62 bits per heavy atom. The third-order valence-corrected chi connectivity index (χ3v) is 8.39. The molecule has 0 bridgehead atoms. The van der Waals surface area contributed by atoms with Crippen LogP contribution in [0.1, 0.15) is 86.0 Å². The van der Waals surface area contributed by atoms with Crippen molar-refractivity contribution >= 4 is 23.2 Å². The number of aryl methyl sites for hydroxylation is 1. The molecule has 2 atom stereocenters. The van der Waals surface area contributed by atoms with Crippen LogP contribution in [0.3, 0.4) is 0 Å². The number of carbonyl (C=O) groups is 2. The monoisotopic (exact) mass is 541 g/mol. The third-order valence-electron chi connectivity index (χ3n) is 8.39. The molecule has 1 aliphatic heterocycles. The van der Waals surface area contributed by atoms with Gasteiger partial charge in [-0.25, -0.2) is 4.39 Å². The summed E-state index contributed by atoms with van der Waals surface area (Å²) in [6.07, 6.45) is 4.90. The predicted octanol–water partition coefficient (Wildman–Crippen LogP) is 7.63. The quantitative estimate of drug-likeness (QED) is 0.337. The van der Waals surface area contributed by atoms with Crippen LogP contribution < -0.4 is 10.6 Å². The summed E-state index contributed by atoms with van der Waals surface area (Å²) in [6.45, 7) is 8.64. The van der Waals surface area contributed by atoms with E-state index in [-0.39, 0.29) is 22.8 Å². The van der Waals surface area contributed by atoms with E-state index in [4.69, 9.17) is 0 Å². The minimum absolute atomic E-state index is 0.0514. The van der Waals surface area contributed by atoms with Crippen LogP contribution in [0.2, 0.25) is 0 Å². The second kappa shape index (κ2) is 11.4. The molecule has 1 saturated carbocycles. The fraction of sp³-hybridized carbons (Fsp3) is 0.412. The zero-order valence-corrected chi connectivity index (χ0v) is 24.0. The average molecular weight is 542 g/mol. The van der Waals surface area contributed by atoms with Crippen LogP contribution in [0, 0.1) is 18.7 Å². The van der Waals surface area contributed by atoms with Crippen molar-refractivity contribution in [1.82, 2.24) is 4.90 Å². The number of carbonyl (C=O) groups excluding carboxylic acids is 2. The van der Waals surface area contributed by atoms with Crippen LogP contribution in [-0.4, -0.2) is 29.3 Å². The van der Waals surface area contributed by atoms with Crippen molar-refractivity contribution in [3.8, 4) is 0 Å². The standard InChI is InChI=1S/C34H40FN3O2/c1-22-9-5-15-29(35)30(22)33(40)38-20-8-14-28(32(39)37-27-13-6-10-24(21-27)34(2,3)4)31(38)23-16-18-26(19-17-23)36-25-11-7-12-25/h5-6,9-10,13,15-19,21,25,28,31,36H,7-8,11-12,14,20H2,1-4H3,(H,37,39). The molecule has 210 valence electrons. The minimum Gasteiger partial charge on any atom is -0.382 e. The number of amides is 2.